The molecule has 3 nitrogen and oxygen atoms in total. The second kappa shape index (κ2) is 13.1. The second-order valence-corrected chi connectivity index (χ2v) is 11.9. The molecule has 0 atom stereocenters. The van der Waals surface area contributed by atoms with Crippen LogP contribution in [0.15, 0.2) is 80.4 Å². The number of halogens is 2. The van der Waals surface area contributed by atoms with E-state index in [1.165, 1.54) is 30.5 Å². The minimum Gasteiger partial charge on any atom is -0.355 e. The summed E-state index contributed by atoms with van der Waals surface area (Å²) < 4.78 is 29.9. The summed E-state index contributed by atoms with van der Waals surface area (Å²) in [5.41, 5.74) is 6.80. The van der Waals surface area contributed by atoms with Gasteiger partial charge in [0, 0.05) is 34.5 Å². The van der Waals surface area contributed by atoms with Crippen LogP contribution in [0.4, 0.5) is 14.5 Å². The normalized spacial score (nSPS) is 12.7. The van der Waals surface area contributed by atoms with Gasteiger partial charge in [0.1, 0.15) is 11.6 Å². The number of carbonyl (C=O) groups is 1. The molecule has 0 aliphatic heterocycles. The molecule has 1 fully saturated rings. The number of allylic oxidation sites excluding steroid dienone is 1. The molecular formula is C36H42F2N2O. The molecule has 5 heteroatoms. The third-order valence-electron chi connectivity index (χ3n) is 6.86. The fourth-order valence-corrected chi connectivity index (χ4v) is 4.76. The van der Waals surface area contributed by atoms with Crippen molar-refractivity contribution in [2.24, 2.45) is 0 Å². The van der Waals surface area contributed by atoms with Crippen LogP contribution in [0, 0.1) is 18.6 Å². The molecule has 1 aliphatic carbocycles. The lowest BCUT2D eigenvalue weighted by atomic mass is 9.96. The maximum atomic E-state index is 15.1. The zero-order valence-electron chi connectivity index (χ0n) is 25.0. The Balaban J connectivity index is 0.00000226. The molecule has 0 saturated heterocycles. The van der Waals surface area contributed by atoms with Gasteiger partial charge in [0.2, 0.25) is 0 Å². The molecule has 0 spiro atoms. The summed E-state index contributed by atoms with van der Waals surface area (Å²) in [5.74, 6) is -0.492. The van der Waals surface area contributed by atoms with Crippen LogP contribution >= 0.6 is 0 Å². The van der Waals surface area contributed by atoms with Gasteiger partial charge in [-0.1, -0.05) is 43.0 Å². The molecule has 3 aromatic carbocycles. The standard InChI is InChI=1S/C34H38F2N2O.C2H4/c1-20(2)14-27-17-31(36)28(18-30(27)35)16-25-10-11-26(33(39)38-34(5,6)7)19-32(25)37-22(4)29-13-12-24(15-21(29)3)23-8-9-23;1-2/h10-13,15,17-19,23,37H,1,4,8-9,14,16H2,2-3,5-7H3,(H,38,39);1-2H2. The first kappa shape index (κ1) is 31.5. The number of amides is 1. The Bertz CT molecular complexity index is 1460. The summed E-state index contributed by atoms with van der Waals surface area (Å²) in [6, 6.07) is 14.2. The molecule has 1 amide bonds. The Morgan fingerprint density at radius 1 is 0.927 bits per heavy atom. The van der Waals surface area contributed by atoms with Gasteiger partial charge in [0.25, 0.3) is 5.91 Å². The third kappa shape index (κ3) is 8.50. The zero-order valence-corrected chi connectivity index (χ0v) is 25.0. The predicted molar refractivity (Wildman–Crippen MR) is 168 cm³/mol. The zero-order chi connectivity index (χ0) is 30.5. The largest absolute Gasteiger partial charge is 0.355 e. The van der Waals surface area contributed by atoms with Crippen molar-refractivity contribution in [3.8, 4) is 0 Å². The van der Waals surface area contributed by atoms with Gasteiger partial charge in [0.05, 0.1) is 0 Å². The second-order valence-electron chi connectivity index (χ2n) is 11.9. The number of aryl methyl sites for hydroxylation is 1. The first-order valence-electron chi connectivity index (χ1n) is 13.9. The van der Waals surface area contributed by atoms with Crippen molar-refractivity contribution in [1.82, 2.24) is 5.32 Å². The summed E-state index contributed by atoms with van der Waals surface area (Å²) in [6.07, 6.45) is 2.89. The fourth-order valence-electron chi connectivity index (χ4n) is 4.76. The lowest BCUT2D eigenvalue weighted by molar-refractivity contribution is 0.0919. The van der Waals surface area contributed by atoms with Crippen LogP contribution in [-0.4, -0.2) is 11.4 Å². The smallest absolute Gasteiger partial charge is 0.251 e. The van der Waals surface area contributed by atoms with Crippen LogP contribution in [0.2, 0.25) is 0 Å². The van der Waals surface area contributed by atoms with Gasteiger partial charge in [-0.15, -0.1) is 13.2 Å². The van der Waals surface area contributed by atoms with Crippen LogP contribution in [0.1, 0.15) is 90.2 Å². The van der Waals surface area contributed by atoms with E-state index >= 15 is 4.39 Å². The highest BCUT2D eigenvalue weighted by Gasteiger charge is 2.24. The van der Waals surface area contributed by atoms with Crippen molar-refractivity contribution in [3.05, 3.63) is 131 Å². The lowest BCUT2D eigenvalue weighted by Gasteiger charge is -2.22. The lowest BCUT2D eigenvalue weighted by Crippen LogP contribution is -2.40. The number of carbonyl (C=O) groups excluding carboxylic acids is 1. The molecule has 0 radical (unpaired) electrons. The highest BCUT2D eigenvalue weighted by atomic mass is 19.1. The van der Waals surface area contributed by atoms with Crippen molar-refractivity contribution in [1.29, 1.82) is 0 Å². The number of anilines is 1. The van der Waals surface area contributed by atoms with Gasteiger partial charge in [-0.25, -0.2) is 8.78 Å². The molecule has 2 N–H and O–H groups in total. The average Bonchev–Trinajstić information content (AvgIpc) is 3.73. The monoisotopic (exact) mass is 556 g/mol. The number of nitrogens with one attached hydrogen (secondary N) is 2. The molecule has 1 saturated carbocycles. The topological polar surface area (TPSA) is 41.1 Å². The van der Waals surface area contributed by atoms with Crippen molar-refractivity contribution >= 4 is 17.3 Å². The van der Waals surface area contributed by atoms with Crippen molar-refractivity contribution in [2.45, 2.75) is 71.8 Å². The summed E-state index contributed by atoms with van der Waals surface area (Å²) in [5, 5.41) is 6.36. The Kier molecular flexibility index (Phi) is 10.1. The van der Waals surface area contributed by atoms with Crippen LogP contribution in [0.25, 0.3) is 5.70 Å². The molecule has 0 bridgehead atoms. The maximum Gasteiger partial charge on any atom is 0.251 e. The molecule has 3 aromatic rings. The Morgan fingerprint density at radius 3 is 2.15 bits per heavy atom. The van der Waals surface area contributed by atoms with E-state index in [1.807, 2.05) is 20.8 Å². The quantitative estimate of drug-likeness (QED) is 0.258. The number of benzene rings is 3. The maximum absolute atomic E-state index is 15.1. The van der Waals surface area contributed by atoms with Crippen LogP contribution < -0.4 is 10.6 Å². The summed E-state index contributed by atoms with van der Waals surface area (Å²) in [7, 11) is 0. The Morgan fingerprint density at radius 2 is 1.56 bits per heavy atom. The van der Waals surface area contributed by atoms with Gasteiger partial charge in [-0.2, -0.15) is 0 Å². The third-order valence-corrected chi connectivity index (χ3v) is 6.86. The molecule has 0 heterocycles. The molecule has 1 aliphatic rings. The first-order chi connectivity index (χ1) is 19.3. The van der Waals surface area contributed by atoms with Gasteiger partial charge < -0.3 is 10.6 Å². The van der Waals surface area contributed by atoms with E-state index in [2.05, 4.69) is 62.1 Å². The molecule has 41 heavy (non-hydrogen) atoms. The van der Waals surface area contributed by atoms with Gasteiger partial charge in [-0.3, -0.25) is 4.79 Å². The molecular weight excluding hydrogens is 514 g/mol. The van der Waals surface area contributed by atoms with Crippen LogP contribution in [0.3, 0.4) is 0 Å². The van der Waals surface area contributed by atoms with E-state index in [4.69, 9.17) is 0 Å². The highest BCUT2D eigenvalue weighted by molar-refractivity contribution is 5.96. The molecule has 0 aromatic heterocycles. The number of hydrogen-bond acceptors (Lipinski definition) is 2. The average molecular weight is 557 g/mol. The summed E-state index contributed by atoms with van der Waals surface area (Å²) >= 11 is 0. The van der Waals surface area contributed by atoms with E-state index in [0.29, 0.717) is 22.9 Å². The summed E-state index contributed by atoms with van der Waals surface area (Å²) in [4.78, 5) is 12.9. The molecule has 216 valence electrons. The fraction of sp³-hybridized carbons (Fsp3) is 0.306. The minimum absolute atomic E-state index is 0.145. The predicted octanol–water partition coefficient (Wildman–Crippen LogP) is 9.27. The first-order valence-corrected chi connectivity index (χ1v) is 13.9. The number of hydrogen-bond donors (Lipinski definition) is 2. The summed E-state index contributed by atoms with van der Waals surface area (Å²) in [6.45, 7) is 23.7. The Hall–Kier alpha value is -3.99. The van der Waals surface area contributed by atoms with Gasteiger partial charge in [-0.05, 0) is 112 Å². The van der Waals surface area contributed by atoms with E-state index in [1.54, 1.807) is 25.1 Å². The van der Waals surface area contributed by atoms with Gasteiger partial charge in [0.15, 0.2) is 0 Å². The van der Waals surface area contributed by atoms with Crippen molar-refractivity contribution in [2.75, 3.05) is 5.32 Å². The van der Waals surface area contributed by atoms with Crippen molar-refractivity contribution < 1.29 is 13.6 Å². The molecule has 4 rings (SSSR count). The molecule has 0 unspecified atom stereocenters. The SMILES string of the molecule is C=C.C=C(C)Cc1cc(F)c(Cc2ccc(C(=O)NC(C)(C)C)cc2NC(=C)c2ccc(C3CC3)cc2C)cc1F. The Labute approximate surface area is 244 Å². The highest BCUT2D eigenvalue weighted by Crippen LogP contribution is 2.41. The van der Waals surface area contributed by atoms with Gasteiger partial charge >= 0.3 is 0 Å². The van der Waals surface area contributed by atoms with E-state index in [-0.39, 0.29) is 29.9 Å². The number of rotatable bonds is 9. The van der Waals surface area contributed by atoms with Crippen LogP contribution in [-0.2, 0) is 12.8 Å². The van der Waals surface area contributed by atoms with E-state index in [0.717, 1.165) is 22.3 Å². The van der Waals surface area contributed by atoms with Crippen LogP contribution in [0.5, 0.6) is 0 Å². The van der Waals surface area contributed by atoms with E-state index in [9.17, 15) is 9.18 Å². The van der Waals surface area contributed by atoms with E-state index < -0.39 is 17.2 Å². The minimum atomic E-state index is -0.474. The van der Waals surface area contributed by atoms with Crippen molar-refractivity contribution in [3.63, 3.8) is 0 Å².